The molecule has 128 valence electrons. The van der Waals surface area contributed by atoms with Crippen LogP contribution in [0.2, 0.25) is 0 Å². The van der Waals surface area contributed by atoms with Gasteiger partial charge < -0.3 is 20.1 Å². The highest BCUT2D eigenvalue weighted by atomic mass is 32.1. The lowest BCUT2D eigenvalue weighted by Crippen LogP contribution is -2.72. The van der Waals surface area contributed by atoms with E-state index in [0.29, 0.717) is 11.3 Å². The first-order valence-electron chi connectivity index (χ1n) is 7.18. The fourth-order valence-corrected chi connectivity index (χ4v) is 2.81. The van der Waals surface area contributed by atoms with Gasteiger partial charge in [-0.2, -0.15) is 12.6 Å². The van der Waals surface area contributed by atoms with Crippen molar-refractivity contribution < 1.29 is 24.2 Å². The molecule has 0 aliphatic carbocycles. The van der Waals surface area contributed by atoms with Crippen molar-refractivity contribution in [3.8, 4) is 5.75 Å². The number of ether oxygens (including phenoxy) is 1. The van der Waals surface area contributed by atoms with E-state index in [2.05, 4.69) is 24.5 Å². The van der Waals surface area contributed by atoms with E-state index in [4.69, 9.17) is 4.74 Å². The maximum atomic E-state index is 12.1. The first kappa shape index (κ1) is 17.9. The van der Waals surface area contributed by atoms with Gasteiger partial charge in [-0.3, -0.25) is 9.59 Å². The van der Waals surface area contributed by atoms with Gasteiger partial charge in [0.15, 0.2) is 12.6 Å². The number of hydrogen-bond acceptors (Lipinski definition) is 5. The van der Waals surface area contributed by atoms with Crippen LogP contribution in [-0.2, 0) is 14.4 Å². The number of carboxylic acid groups (broad SMARTS) is 1. The minimum atomic E-state index is -1.19. The number of β-lactam (4-membered cyclic amide) rings is 1. The van der Waals surface area contributed by atoms with E-state index in [1.165, 1.54) is 6.92 Å². The van der Waals surface area contributed by atoms with Crippen molar-refractivity contribution in [3.05, 3.63) is 42.5 Å². The van der Waals surface area contributed by atoms with Crippen molar-refractivity contribution >= 4 is 30.4 Å². The van der Waals surface area contributed by atoms with Gasteiger partial charge in [0.2, 0.25) is 5.91 Å². The lowest BCUT2D eigenvalue weighted by molar-refractivity contribution is -0.159. The molecule has 1 fully saturated rings. The SMILES string of the molecule is C=C(C)C(C(=O)O)N1C(=O)C(NC(=O)COc2ccccc2)C1S. The van der Waals surface area contributed by atoms with Crippen LogP contribution in [-0.4, -0.2) is 51.9 Å². The Morgan fingerprint density at radius 1 is 1.42 bits per heavy atom. The fraction of sp³-hybridized carbons (Fsp3) is 0.312. The summed E-state index contributed by atoms with van der Waals surface area (Å²) in [6.07, 6.45) is 0. The molecule has 0 aromatic heterocycles. The molecule has 2 N–H and O–H groups in total. The second-order valence-corrected chi connectivity index (χ2v) is 5.92. The van der Waals surface area contributed by atoms with Gasteiger partial charge in [0.1, 0.15) is 17.2 Å². The van der Waals surface area contributed by atoms with Crippen LogP contribution in [0.4, 0.5) is 0 Å². The average Bonchev–Trinajstić information content (AvgIpc) is 2.55. The van der Waals surface area contributed by atoms with Crippen molar-refractivity contribution in [2.75, 3.05) is 6.61 Å². The molecule has 1 aromatic carbocycles. The Morgan fingerprint density at radius 3 is 2.54 bits per heavy atom. The highest BCUT2D eigenvalue weighted by Crippen LogP contribution is 2.28. The number of nitrogens with one attached hydrogen (secondary N) is 1. The van der Waals surface area contributed by atoms with Gasteiger partial charge in [-0.05, 0) is 24.6 Å². The van der Waals surface area contributed by atoms with E-state index in [0.717, 1.165) is 4.90 Å². The van der Waals surface area contributed by atoms with E-state index in [1.807, 2.05) is 6.07 Å². The lowest BCUT2D eigenvalue weighted by atomic mass is 9.99. The maximum Gasteiger partial charge on any atom is 0.330 e. The molecule has 7 nitrogen and oxygen atoms in total. The number of carbonyl (C=O) groups excluding carboxylic acids is 2. The zero-order valence-electron chi connectivity index (χ0n) is 13.0. The van der Waals surface area contributed by atoms with Crippen molar-refractivity contribution in [2.45, 2.75) is 24.4 Å². The van der Waals surface area contributed by atoms with Gasteiger partial charge in [-0.1, -0.05) is 24.8 Å². The number of nitrogens with zero attached hydrogens (tertiary/aromatic N) is 1. The van der Waals surface area contributed by atoms with Crippen LogP contribution in [0.15, 0.2) is 42.5 Å². The third-order valence-corrected chi connectivity index (χ3v) is 4.06. The van der Waals surface area contributed by atoms with Crippen molar-refractivity contribution in [2.24, 2.45) is 0 Å². The quantitative estimate of drug-likeness (QED) is 0.382. The molecule has 1 heterocycles. The predicted molar refractivity (Wildman–Crippen MR) is 89.7 cm³/mol. The third-order valence-electron chi connectivity index (χ3n) is 3.51. The minimum Gasteiger partial charge on any atom is -0.484 e. The van der Waals surface area contributed by atoms with Gasteiger partial charge >= 0.3 is 5.97 Å². The third kappa shape index (κ3) is 3.70. The number of carbonyl (C=O) groups is 3. The number of carboxylic acids is 1. The van der Waals surface area contributed by atoms with Crippen LogP contribution in [0.5, 0.6) is 5.75 Å². The number of thiol groups is 1. The van der Waals surface area contributed by atoms with E-state index in [1.54, 1.807) is 24.3 Å². The number of rotatable bonds is 7. The molecule has 24 heavy (non-hydrogen) atoms. The molecule has 3 unspecified atom stereocenters. The molecular weight excluding hydrogens is 332 g/mol. The number of benzene rings is 1. The summed E-state index contributed by atoms with van der Waals surface area (Å²) in [5.74, 6) is -1.66. The number of aliphatic carboxylic acids is 1. The van der Waals surface area contributed by atoms with Crippen molar-refractivity contribution in [1.29, 1.82) is 0 Å². The zero-order chi connectivity index (χ0) is 17.9. The van der Waals surface area contributed by atoms with Gasteiger partial charge in [0, 0.05) is 0 Å². The normalized spacial score (nSPS) is 20.8. The Morgan fingerprint density at radius 2 is 2.04 bits per heavy atom. The highest BCUT2D eigenvalue weighted by molar-refractivity contribution is 7.81. The second-order valence-electron chi connectivity index (χ2n) is 5.39. The molecule has 1 aliphatic rings. The van der Waals surface area contributed by atoms with Crippen molar-refractivity contribution in [1.82, 2.24) is 10.2 Å². The van der Waals surface area contributed by atoms with E-state index in [-0.39, 0.29) is 6.61 Å². The summed E-state index contributed by atoms with van der Waals surface area (Å²) < 4.78 is 5.29. The van der Waals surface area contributed by atoms with Crippen LogP contribution >= 0.6 is 12.6 Å². The topological polar surface area (TPSA) is 95.9 Å². The summed E-state index contributed by atoms with van der Waals surface area (Å²) in [7, 11) is 0. The number of para-hydroxylation sites is 1. The van der Waals surface area contributed by atoms with Crippen LogP contribution in [0.1, 0.15) is 6.92 Å². The minimum absolute atomic E-state index is 0.253. The molecule has 1 aliphatic heterocycles. The Labute approximate surface area is 144 Å². The summed E-state index contributed by atoms with van der Waals surface area (Å²) in [6, 6.07) is 6.72. The molecule has 8 heteroatoms. The molecule has 2 amide bonds. The van der Waals surface area contributed by atoms with Gasteiger partial charge in [-0.25, -0.2) is 4.79 Å². The number of amides is 2. The lowest BCUT2D eigenvalue weighted by Gasteiger charge is -2.47. The number of hydrogen-bond donors (Lipinski definition) is 3. The molecule has 0 radical (unpaired) electrons. The standard InChI is InChI=1S/C16H18N2O5S/c1-9(2)13(16(21)22)18-14(20)12(15(18)24)17-11(19)8-23-10-6-4-3-5-7-10/h3-7,12-13,15,24H,1,8H2,2H3,(H,17,19)(H,21,22). The molecule has 0 bridgehead atoms. The molecule has 3 atom stereocenters. The van der Waals surface area contributed by atoms with Crippen LogP contribution in [0.3, 0.4) is 0 Å². The molecule has 1 aromatic rings. The Kier molecular flexibility index (Phi) is 5.50. The molecule has 1 saturated heterocycles. The van der Waals surface area contributed by atoms with E-state index < -0.39 is 35.2 Å². The Hall–Kier alpha value is -2.48. The first-order valence-corrected chi connectivity index (χ1v) is 7.70. The van der Waals surface area contributed by atoms with E-state index >= 15 is 0 Å². The van der Waals surface area contributed by atoms with Gasteiger partial charge in [0.05, 0.1) is 0 Å². The molecule has 2 rings (SSSR count). The second kappa shape index (κ2) is 7.39. The van der Waals surface area contributed by atoms with Crippen LogP contribution in [0, 0.1) is 0 Å². The predicted octanol–water partition coefficient (Wildman–Crippen LogP) is 0.678. The monoisotopic (exact) mass is 350 g/mol. The fourth-order valence-electron chi connectivity index (χ4n) is 2.36. The summed E-state index contributed by atoms with van der Waals surface area (Å²) in [5, 5.41) is 11.0. The van der Waals surface area contributed by atoms with Gasteiger partial charge in [-0.15, -0.1) is 0 Å². The summed E-state index contributed by atoms with van der Waals surface area (Å²) in [4.78, 5) is 36.4. The number of likely N-dealkylation sites (tertiary alicyclic amines) is 1. The average molecular weight is 350 g/mol. The summed E-state index contributed by atoms with van der Waals surface area (Å²) in [5.41, 5.74) is 0.312. The summed E-state index contributed by atoms with van der Waals surface area (Å²) >= 11 is 4.22. The first-order chi connectivity index (χ1) is 11.3. The highest BCUT2D eigenvalue weighted by Gasteiger charge is 2.51. The van der Waals surface area contributed by atoms with Gasteiger partial charge in [0.25, 0.3) is 5.91 Å². The molecule has 0 saturated carbocycles. The summed E-state index contributed by atoms with van der Waals surface area (Å²) in [6.45, 7) is 4.85. The van der Waals surface area contributed by atoms with E-state index in [9.17, 15) is 19.5 Å². The van der Waals surface area contributed by atoms with Crippen LogP contribution in [0.25, 0.3) is 0 Å². The molecule has 0 spiro atoms. The Balaban J connectivity index is 1.90. The zero-order valence-corrected chi connectivity index (χ0v) is 13.9. The molecular formula is C16H18N2O5S. The Bertz CT molecular complexity index is 650. The smallest absolute Gasteiger partial charge is 0.330 e. The largest absolute Gasteiger partial charge is 0.484 e. The van der Waals surface area contributed by atoms with Crippen LogP contribution < -0.4 is 10.1 Å². The maximum absolute atomic E-state index is 12.1. The van der Waals surface area contributed by atoms with Crippen molar-refractivity contribution in [3.63, 3.8) is 0 Å².